The molecule has 2 unspecified atom stereocenters. The van der Waals surface area contributed by atoms with Crippen LogP contribution < -0.4 is 10.1 Å². The highest BCUT2D eigenvalue weighted by Crippen LogP contribution is 2.34. The maximum absolute atomic E-state index is 11.2. The lowest BCUT2D eigenvalue weighted by atomic mass is 9.83. The number of rotatable bonds is 5. The van der Waals surface area contributed by atoms with Gasteiger partial charge in [0, 0.05) is 6.04 Å². The average Bonchev–Trinajstić information content (AvgIpc) is 2.48. The molecular formula is C15H22N2O3. The number of hydrogen-bond donors (Lipinski definition) is 1. The van der Waals surface area contributed by atoms with Gasteiger partial charge in [0.1, 0.15) is 11.4 Å². The molecule has 1 aromatic carbocycles. The highest BCUT2D eigenvalue weighted by Gasteiger charge is 2.26. The molecule has 0 bridgehead atoms. The standard InChI is InChI=1S/C15H22N2O3/c1-3-11-6-4-5-7-13(11)16-14-9-8-12(20-2)10-15(14)17(18)19/h8-11,13,16H,3-7H2,1-2H3. The van der Waals surface area contributed by atoms with Crippen LogP contribution >= 0.6 is 0 Å². The van der Waals surface area contributed by atoms with E-state index in [0.717, 1.165) is 12.8 Å². The smallest absolute Gasteiger partial charge is 0.296 e. The van der Waals surface area contributed by atoms with Gasteiger partial charge in [-0.1, -0.05) is 26.2 Å². The number of ether oxygens (including phenoxy) is 1. The molecule has 5 nitrogen and oxygen atoms in total. The highest BCUT2D eigenvalue weighted by molar-refractivity contribution is 5.64. The van der Waals surface area contributed by atoms with Crippen molar-refractivity contribution >= 4 is 11.4 Å². The number of anilines is 1. The zero-order valence-electron chi connectivity index (χ0n) is 12.1. The van der Waals surface area contributed by atoms with Crippen molar-refractivity contribution in [2.75, 3.05) is 12.4 Å². The fourth-order valence-electron chi connectivity index (χ4n) is 3.00. The quantitative estimate of drug-likeness (QED) is 0.653. The van der Waals surface area contributed by atoms with Crippen molar-refractivity contribution in [3.63, 3.8) is 0 Å². The summed E-state index contributed by atoms with van der Waals surface area (Å²) in [7, 11) is 1.51. The zero-order chi connectivity index (χ0) is 14.5. The Hall–Kier alpha value is -1.78. The van der Waals surface area contributed by atoms with Gasteiger partial charge in [-0.05, 0) is 30.9 Å². The first-order chi connectivity index (χ1) is 9.65. The van der Waals surface area contributed by atoms with Crippen LogP contribution in [0.25, 0.3) is 0 Å². The number of nitro benzene ring substituents is 1. The summed E-state index contributed by atoms with van der Waals surface area (Å²) in [5.74, 6) is 1.11. The van der Waals surface area contributed by atoms with Crippen LogP contribution in [0.4, 0.5) is 11.4 Å². The SMILES string of the molecule is CCC1CCCCC1Nc1ccc(OC)cc1[N+](=O)[O-]. The lowest BCUT2D eigenvalue weighted by Crippen LogP contribution is -2.32. The third-order valence-corrected chi connectivity index (χ3v) is 4.18. The molecule has 0 spiro atoms. The number of hydrogen-bond acceptors (Lipinski definition) is 4. The molecule has 2 atom stereocenters. The Morgan fingerprint density at radius 1 is 1.40 bits per heavy atom. The van der Waals surface area contributed by atoms with Gasteiger partial charge in [0.2, 0.25) is 0 Å². The fourth-order valence-corrected chi connectivity index (χ4v) is 3.00. The van der Waals surface area contributed by atoms with Crippen LogP contribution in [0.1, 0.15) is 39.0 Å². The Morgan fingerprint density at radius 3 is 2.80 bits per heavy atom. The minimum Gasteiger partial charge on any atom is -0.496 e. The molecule has 0 heterocycles. The van der Waals surface area contributed by atoms with Gasteiger partial charge in [0.15, 0.2) is 0 Å². The van der Waals surface area contributed by atoms with E-state index in [9.17, 15) is 10.1 Å². The fraction of sp³-hybridized carbons (Fsp3) is 0.600. The van der Waals surface area contributed by atoms with Crippen molar-refractivity contribution in [3.05, 3.63) is 28.3 Å². The summed E-state index contributed by atoms with van der Waals surface area (Å²) in [4.78, 5) is 10.8. The molecule has 0 radical (unpaired) electrons. The van der Waals surface area contributed by atoms with E-state index in [1.54, 1.807) is 12.1 Å². The summed E-state index contributed by atoms with van der Waals surface area (Å²) in [6.45, 7) is 2.19. The van der Waals surface area contributed by atoms with Crippen molar-refractivity contribution < 1.29 is 9.66 Å². The number of nitrogens with zero attached hydrogens (tertiary/aromatic N) is 1. The van der Waals surface area contributed by atoms with E-state index in [2.05, 4.69) is 12.2 Å². The molecule has 1 aliphatic carbocycles. The van der Waals surface area contributed by atoms with Gasteiger partial charge in [-0.15, -0.1) is 0 Å². The molecule has 1 N–H and O–H groups in total. The van der Waals surface area contributed by atoms with Crippen LogP contribution in [0.2, 0.25) is 0 Å². The first-order valence-electron chi connectivity index (χ1n) is 7.24. The van der Waals surface area contributed by atoms with E-state index in [0.29, 0.717) is 23.4 Å². The van der Waals surface area contributed by atoms with E-state index in [1.165, 1.54) is 32.4 Å². The van der Waals surface area contributed by atoms with Crippen LogP contribution in [0.3, 0.4) is 0 Å². The minimum atomic E-state index is -0.353. The molecule has 0 aliphatic heterocycles. The summed E-state index contributed by atoms with van der Waals surface area (Å²) in [6, 6.07) is 5.32. The van der Waals surface area contributed by atoms with E-state index in [4.69, 9.17) is 4.74 Å². The zero-order valence-corrected chi connectivity index (χ0v) is 12.1. The molecule has 0 amide bonds. The molecule has 1 aliphatic rings. The maximum atomic E-state index is 11.2. The largest absolute Gasteiger partial charge is 0.496 e. The lowest BCUT2D eigenvalue weighted by Gasteiger charge is -2.32. The van der Waals surface area contributed by atoms with Crippen LogP contribution in [0.5, 0.6) is 5.75 Å². The van der Waals surface area contributed by atoms with E-state index >= 15 is 0 Å². The number of nitrogens with one attached hydrogen (secondary N) is 1. The normalized spacial score (nSPS) is 22.3. The van der Waals surface area contributed by atoms with Crippen molar-refractivity contribution in [1.29, 1.82) is 0 Å². The third-order valence-electron chi connectivity index (χ3n) is 4.18. The first kappa shape index (κ1) is 14.6. The molecule has 1 aromatic rings. The second-order valence-electron chi connectivity index (χ2n) is 5.34. The molecule has 5 heteroatoms. The van der Waals surface area contributed by atoms with Gasteiger partial charge < -0.3 is 10.1 Å². The molecule has 1 fully saturated rings. The van der Waals surface area contributed by atoms with E-state index in [-0.39, 0.29) is 10.6 Å². The monoisotopic (exact) mass is 278 g/mol. The Morgan fingerprint density at radius 2 is 2.15 bits per heavy atom. The Labute approximate surface area is 119 Å². The summed E-state index contributed by atoms with van der Waals surface area (Å²) < 4.78 is 5.06. The molecule has 1 saturated carbocycles. The van der Waals surface area contributed by atoms with Crippen LogP contribution in [-0.4, -0.2) is 18.1 Å². The van der Waals surface area contributed by atoms with Crippen molar-refractivity contribution in [3.8, 4) is 5.75 Å². The highest BCUT2D eigenvalue weighted by atomic mass is 16.6. The topological polar surface area (TPSA) is 64.4 Å². The van der Waals surface area contributed by atoms with Gasteiger partial charge >= 0.3 is 0 Å². The average molecular weight is 278 g/mol. The Bertz CT molecular complexity index is 476. The molecule has 2 rings (SSSR count). The summed E-state index contributed by atoms with van der Waals surface area (Å²) in [5, 5.41) is 14.6. The molecule has 110 valence electrons. The predicted molar refractivity (Wildman–Crippen MR) is 79.3 cm³/mol. The van der Waals surface area contributed by atoms with Crippen LogP contribution in [-0.2, 0) is 0 Å². The van der Waals surface area contributed by atoms with Gasteiger partial charge in [0.25, 0.3) is 5.69 Å². The molecule has 0 saturated heterocycles. The Balaban J connectivity index is 2.21. The number of nitro groups is 1. The molecular weight excluding hydrogens is 256 g/mol. The van der Waals surface area contributed by atoms with Gasteiger partial charge in [-0.3, -0.25) is 10.1 Å². The summed E-state index contributed by atoms with van der Waals surface area (Å²) >= 11 is 0. The molecule has 0 aromatic heterocycles. The van der Waals surface area contributed by atoms with E-state index in [1.807, 2.05) is 0 Å². The van der Waals surface area contributed by atoms with Crippen LogP contribution in [0.15, 0.2) is 18.2 Å². The lowest BCUT2D eigenvalue weighted by molar-refractivity contribution is -0.384. The third kappa shape index (κ3) is 3.21. The maximum Gasteiger partial charge on any atom is 0.296 e. The van der Waals surface area contributed by atoms with Gasteiger partial charge in [-0.25, -0.2) is 0 Å². The molecule has 20 heavy (non-hydrogen) atoms. The van der Waals surface area contributed by atoms with Gasteiger partial charge in [0.05, 0.1) is 18.1 Å². The first-order valence-corrected chi connectivity index (χ1v) is 7.24. The van der Waals surface area contributed by atoms with Gasteiger partial charge in [-0.2, -0.15) is 0 Å². The Kier molecular flexibility index (Phi) is 4.82. The second-order valence-corrected chi connectivity index (χ2v) is 5.34. The summed E-state index contributed by atoms with van der Waals surface area (Å²) in [5.41, 5.74) is 0.686. The van der Waals surface area contributed by atoms with E-state index < -0.39 is 0 Å². The number of methoxy groups -OCH3 is 1. The van der Waals surface area contributed by atoms with Crippen LogP contribution in [0, 0.1) is 16.0 Å². The second kappa shape index (κ2) is 6.59. The van der Waals surface area contributed by atoms with Crippen molar-refractivity contribution in [2.24, 2.45) is 5.92 Å². The number of benzene rings is 1. The summed E-state index contributed by atoms with van der Waals surface area (Å²) in [6.07, 6.45) is 5.86. The van der Waals surface area contributed by atoms with Crippen molar-refractivity contribution in [1.82, 2.24) is 0 Å². The predicted octanol–water partition coefficient (Wildman–Crippen LogP) is 3.98. The van der Waals surface area contributed by atoms with Crippen molar-refractivity contribution in [2.45, 2.75) is 45.1 Å². The minimum absolute atomic E-state index is 0.0878.